The van der Waals surface area contributed by atoms with Gasteiger partial charge in [-0.2, -0.15) is 0 Å². The monoisotopic (exact) mass is 453 g/mol. The Balaban J connectivity index is 0.00000484. The van der Waals surface area contributed by atoms with Crippen molar-refractivity contribution >= 4 is 47.2 Å². The molecule has 23 heavy (non-hydrogen) atoms. The molecule has 0 aromatic carbocycles. The summed E-state index contributed by atoms with van der Waals surface area (Å²) in [6.45, 7) is 12.3. The fourth-order valence-corrected chi connectivity index (χ4v) is 2.46. The number of carbonyl (C=O) groups is 1. The Kier molecular flexibility index (Phi) is 10.4. The molecule has 132 valence electrons. The van der Waals surface area contributed by atoms with Crippen molar-refractivity contribution < 1.29 is 4.79 Å². The minimum atomic E-state index is -0.496. The van der Waals surface area contributed by atoms with Gasteiger partial charge in [0.15, 0.2) is 5.96 Å². The lowest BCUT2D eigenvalue weighted by molar-refractivity contribution is -0.128. The van der Waals surface area contributed by atoms with Gasteiger partial charge in [0.1, 0.15) is 5.01 Å². The molecule has 1 amide bonds. The van der Waals surface area contributed by atoms with E-state index in [0.717, 1.165) is 11.6 Å². The van der Waals surface area contributed by atoms with Gasteiger partial charge in [0.25, 0.3) is 0 Å². The van der Waals surface area contributed by atoms with Crippen molar-refractivity contribution in [2.24, 2.45) is 10.4 Å². The lowest BCUT2D eigenvalue weighted by Gasteiger charge is -2.24. The van der Waals surface area contributed by atoms with E-state index >= 15 is 0 Å². The molecule has 3 N–H and O–H groups in total. The lowest BCUT2D eigenvalue weighted by atomic mass is 9.92. The number of rotatable bonds is 7. The van der Waals surface area contributed by atoms with Crippen LogP contribution in [0.5, 0.6) is 0 Å². The van der Waals surface area contributed by atoms with Crippen molar-refractivity contribution in [2.75, 3.05) is 19.6 Å². The predicted octanol–water partition coefficient (Wildman–Crippen LogP) is 2.29. The molecule has 0 radical (unpaired) electrons. The van der Waals surface area contributed by atoms with Gasteiger partial charge in [-0.25, -0.2) is 9.98 Å². The van der Waals surface area contributed by atoms with Gasteiger partial charge in [-0.3, -0.25) is 4.79 Å². The molecule has 0 aliphatic carbocycles. The molecule has 0 bridgehead atoms. The number of halogens is 1. The van der Waals surface area contributed by atoms with E-state index in [9.17, 15) is 4.79 Å². The second-order valence-corrected chi connectivity index (χ2v) is 6.98. The Labute approximate surface area is 160 Å². The van der Waals surface area contributed by atoms with Gasteiger partial charge in [-0.15, -0.1) is 35.3 Å². The molecule has 0 fully saturated rings. The first-order chi connectivity index (χ1) is 10.4. The average Bonchev–Trinajstić information content (AvgIpc) is 2.88. The van der Waals surface area contributed by atoms with Crippen LogP contribution in [-0.2, 0) is 11.3 Å². The van der Waals surface area contributed by atoms with Crippen LogP contribution in [-0.4, -0.2) is 36.5 Å². The molecule has 0 spiro atoms. The highest BCUT2D eigenvalue weighted by Crippen LogP contribution is 2.14. The van der Waals surface area contributed by atoms with E-state index in [-0.39, 0.29) is 29.9 Å². The number of thiazole rings is 1. The third-order valence-corrected chi connectivity index (χ3v) is 3.93. The number of aromatic nitrogens is 1. The van der Waals surface area contributed by atoms with Crippen molar-refractivity contribution in [1.82, 2.24) is 20.9 Å². The van der Waals surface area contributed by atoms with Crippen molar-refractivity contribution in [3.63, 3.8) is 0 Å². The summed E-state index contributed by atoms with van der Waals surface area (Å²) in [6.07, 6.45) is 1.86. The summed E-state index contributed by atoms with van der Waals surface area (Å²) in [5, 5.41) is 10.3. The molecule has 1 heterocycles. The molecular weight excluding hydrogens is 425 g/mol. The van der Waals surface area contributed by atoms with E-state index in [0.29, 0.717) is 25.6 Å². The first-order valence-electron chi connectivity index (χ1n) is 7.60. The van der Waals surface area contributed by atoms with E-state index in [4.69, 9.17) is 0 Å². The zero-order valence-corrected chi connectivity index (χ0v) is 17.7. The summed E-state index contributed by atoms with van der Waals surface area (Å²) in [5.74, 6) is 0.738. The molecule has 0 aliphatic heterocycles. The van der Waals surface area contributed by atoms with Crippen LogP contribution < -0.4 is 16.0 Å². The highest BCUT2D eigenvalue weighted by molar-refractivity contribution is 14.0. The molecule has 0 atom stereocenters. The van der Waals surface area contributed by atoms with Crippen molar-refractivity contribution in [3.8, 4) is 0 Å². The number of amides is 1. The molecule has 0 unspecified atom stereocenters. The molecule has 0 saturated heterocycles. The van der Waals surface area contributed by atoms with Gasteiger partial charge in [-0.1, -0.05) is 0 Å². The minimum absolute atomic E-state index is 0. The Morgan fingerprint density at radius 3 is 2.43 bits per heavy atom. The van der Waals surface area contributed by atoms with Crippen LogP contribution in [0, 0.1) is 12.3 Å². The van der Waals surface area contributed by atoms with E-state index in [1.54, 1.807) is 11.3 Å². The maximum Gasteiger partial charge on any atom is 0.227 e. The minimum Gasteiger partial charge on any atom is -0.357 e. The largest absolute Gasteiger partial charge is 0.357 e. The molecule has 8 heteroatoms. The number of nitrogens with zero attached hydrogens (tertiary/aromatic N) is 2. The van der Waals surface area contributed by atoms with E-state index < -0.39 is 5.41 Å². The third-order valence-electron chi connectivity index (χ3n) is 3.04. The highest BCUT2D eigenvalue weighted by Gasteiger charge is 2.27. The third kappa shape index (κ3) is 7.96. The fourth-order valence-electron chi connectivity index (χ4n) is 1.75. The standard InChI is InChI=1S/C15H27N5OS.HI/c1-6-16-13(21)15(4,5)10-20-14(17-7-2)19-9-12-18-8-11(3)22-12;/h8H,6-7,9-10H2,1-5H3,(H,16,21)(H2,17,19,20);1H. The zero-order chi connectivity index (χ0) is 16.6. The van der Waals surface area contributed by atoms with Gasteiger partial charge in [0.05, 0.1) is 12.0 Å². The number of hydrogen-bond acceptors (Lipinski definition) is 4. The predicted molar refractivity (Wildman–Crippen MR) is 108 cm³/mol. The Morgan fingerprint density at radius 2 is 1.91 bits per heavy atom. The fraction of sp³-hybridized carbons (Fsp3) is 0.667. The smallest absolute Gasteiger partial charge is 0.227 e. The van der Waals surface area contributed by atoms with Gasteiger partial charge in [-0.05, 0) is 34.6 Å². The zero-order valence-electron chi connectivity index (χ0n) is 14.5. The van der Waals surface area contributed by atoms with Crippen LogP contribution >= 0.6 is 35.3 Å². The second-order valence-electron chi connectivity index (χ2n) is 5.66. The lowest BCUT2D eigenvalue weighted by Crippen LogP contribution is -2.47. The van der Waals surface area contributed by atoms with E-state index in [1.165, 1.54) is 4.88 Å². The summed E-state index contributed by atoms with van der Waals surface area (Å²) >= 11 is 1.65. The summed E-state index contributed by atoms with van der Waals surface area (Å²) < 4.78 is 0. The van der Waals surface area contributed by atoms with Crippen LogP contribution in [0.3, 0.4) is 0 Å². The molecule has 0 saturated carbocycles. The molecule has 6 nitrogen and oxygen atoms in total. The molecule has 1 aromatic rings. The number of hydrogen-bond donors (Lipinski definition) is 3. The molecular formula is C15H28IN5OS. The molecule has 1 rings (SSSR count). The average molecular weight is 453 g/mol. The SMILES string of the molecule is CCNC(=O)C(C)(C)CNC(=NCc1ncc(C)s1)NCC.I. The van der Waals surface area contributed by atoms with Crippen LogP contribution in [0.1, 0.15) is 37.6 Å². The normalized spacial score (nSPS) is 11.6. The van der Waals surface area contributed by atoms with Crippen LogP contribution in [0.4, 0.5) is 0 Å². The van der Waals surface area contributed by atoms with Gasteiger partial charge < -0.3 is 16.0 Å². The summed E-state index contributed by atoms with van der Waals surface area (Å²) in [7, 11) is 0. The Bertz CT molecular complexity index is 516. The van der Waals surface area contributed by atoms with Gasteiger partial charge >= 0.3 is 0 Å². The van der Waals surface area contributed by atoms with Crippen molar-refractivity contribution in [1.29, 1.82) is 0 Å². The van der Waals surface area contributed by atoms with Gasteiger partial charge in [0.2, 0.25) is 5.91 Å². The van der Waals surface area contributed by atoms with E-state index in [1.807, 2.05) is 40.8 Å². The van der Waals surface area contributed by atoms with Crippen LogP contribution in [0.25, 0.3) is 0 Å². The number of aryl methyl sites for hydroxylation is 1. The summed E-state index contributed by atoms with van der Waals surface area (Å²) in [6, 6.07) is 0. The maximum atomic E-state index is 12.0. The number of nitrogens with one attached hydrogen (secondary N) is 3. The number of guanidine groups is 1. The molecule has 1 aromatic heterocycles. The Hall–Kier alpha value is -0.900. The molecule has 0 aliphatic rings. The van der Waals surface area contributed by atoms with Crippen LogP contribution in [0.15, 0.2) is 11.2 Å². The summed E-state index contributed by atoms with van der Waals surface area (Å²) in [4.78, 5) is 22.0. The summed E-state index contributed by atoms with van der Waals surface area (Å²) in [5.41, 5.74) is -0.496. The van der Waals surface area contributed by atoms with Gasteiger partial charge in [0, 0.05) is 30.7 Å². The Morgan fingerprint density at radius 1 is 1.26 bits per heavy atom. The first kappa shape index (κ1) is 22.1. The highest BCUT2D eigenvalue weighted by atomic mass is 127. The number of aliphatic imine (C=N–C) groups is 1. The number of carbonyl (C=O) groups excluding carboxylic acids is 1. The first-order valence-corrected chi connectivity index (χ1v) is 8.42. The van der Waals surface area contributed by atoms with Crippen LogP contribution in [0.2, 0.25) is 0 Å². The van der Waals surface area contributed by atoms with E-state index in [2.05, 4.69) is 25.9 Å². The second kappa shape index (κ2) is 10.8. The maximum absolute atomic E-state index is 12.0. The van der Waals surface area contributed by atoms with Crippen molar-refractivity contribution in [2.45, 2.75) is 41.2 Å². The quantitative estimate of drug-likeness (QED) is 0.336. The topological polar surface area (TPSA) is 78.4 Å². The van der Waals surface area contributed by atoms with Crippen molar-refractivity contribution in [3.05, 3.63) is 16.1 Å².